The van der Waals surface area contributed by atoms with E-state index in [0.717, 1.165) is 0 Å². The van der Waals surface area contributed by atoms with Crippen LogP contribution in [0, 0.1) is 5.82 Å². The van der Waals surface area contributed by atoms with Crippen LogP contribution in [-0.4, -0.2) is 25.4 Å². The Morgan fingerprint density at radius 2 is 2.25 bits per heavy atom. The van der Waals surface area contributed by atoms with E-state index in [-0.39, 0.29) is 29.0 Å². The molecule has 1 aromatic rings. The maximum atomic E-state index is 13.4. The van der Waals surface area contributed by atoms with Crippen molar-refractivity contribution < 1.29 is 13.9 Å². The van der Waals surface area contributed by atoms with Crippen LogP contribution in [0.2, 0.25) is 5.02 Å². The van der Waals surface area contributed by atoms with Crippen molar-refractivity contribution in [3.63, 3.8) is 0 Å². The third-order valence-electron chi connectivity index (χ3n) is 2.75. The third-order valence-corrected chi connectivity index (χ3v) is 3.05. The Hall–Kier alpha value is -0.840. The molecule has 1 saturated carbocycles. The van der Waals surface area contributed by atoms with Gasteiger partial charge >= 0.3 is 0 Å². The van der Waals surface area contributed by atoms with Gasteiger partial charge in [0.05, 0.1) is 5.02 Å². The lowest BCUT2D eigenvalue weighted by Gasteiger charge is -2.41. The standard InChI is InChI=1S/C11H13ClFNO2/c1-15-11-8(14)5-9(11)16-10-6(12)3-2-4-7(10)13/h2-4,8-9,11H,5,14H2,1H3. The quantitative estimate of drug-likeness (QED) is 0.886. The number of ether oxygens (including phenoxy) is 2. The molecule has 1 fully saturated rings. The maximum Gasteiger partial charge on any atom is 0.174 e. The Morgan fingerprint density at radius 3 is 2.81 bits per heavy atom. The van der Waals surface area contributed by atoms with E-state index in [1.165, 1.54) is 12.1 Å². The summed E-state index contributed by atoms with van der Waals surface area (Å²) in [6.45, 7) is 0. The summed E-state index contributed by atoms with van der Waals surface area (Å²) in [5.41, 5.74) is 5.72. The van der Waals surface area contributed by atoms with Crippen LogP contribution >= 0.6 is 11.6 Å². The van der Waals surface area contributed by atoms with Crippen LogP contribution in [-0.2, 0) is 4.74 Å². The van der Waals surface area contributed by atoms with Gasteiger partial charge in [-0.3, -0.25) is 0 Å². The molecule has 1 aromatic carbocycles. The summed E-state index contributed by atoms with van der Waals surface area (Å²) in [4.78, 5) is 0. The highest BCUT2D eigenvalue weighted by molar-refractivity contribution is 6.32. The summed E-state index contributed by atoms with van der Waals surface area (Å²) in [6.07, 6.45) is 0.216. The molecule has 0 amide bonds. The second-order valence-electron chi connectivity index (χ2n) is 3.81. The molecular formula is C11H13ClFNO2. The fourth-order valence-corrected chi connectivity index (χ4v) is 2.01. The highest BCUT2D eigenvalue weighted by Crippen LogP contribution is 2.33. The molecule has 0 spiro atoms. The zero-order chi connectivity index (χ0) is 11.7. The summed E-state index contributed by atoms with van der Waals surface area (Å²) < 4.78 is 24.0. The van der Waals surface area contributed by atoms with E-state index >= 15 is 0 Å². The Morgan fingerprint density at radius 1 is 1.50 bits per heavy atom. The van der Waals surface area contributed by atoms with Gasteiger partial charge in [-0.1, -0.05) is 17.7 Å². The molecule has 0 saturated heterocycles. The van der Waals surface area contributed by atoms with Crippen LogP contribution in [0.25, 0.3) is 0 Å². The fraction of sp³-hybridized carbons (Fsp3) is 0.455. The summed E-state index contributed by atoms with van der Waals surface area (Å²) in [5.74, 6) is -0.397. The number of methoxy groups -OCH3 is 1. The van der Waals surface area contributed by atoms with E-state index in [1.54, 1.807) is 13.2 Å². The van der Waals surface area contributed by atoms with E-state index in [9.17, 15) is 4.39 Å². The first-order valence-corrected chi connectivity index (χ1v) is 5.40. The minimum absolute atomic E-state index is 0.0550. The van der Waals surface area contributed by atoms with Gasteiger partial charge in [-0.15, -0.1) is 0 Å². The minimum Gasteiger partial charge on any atom is -0.483 e. The van der Waals surface area contributed by atoms with Crippen molar-refractivity contribution in [1.82, 2.24) is 0 Å². The van der Waals surface area contributed by atoms with Gasteiger partial charge in [0.25, 0.3) is 0 Å². The molecule has 3 unspecified atom stereocenters. The minimum atomic E-state index is -0.470. The Balaban J connectivity index is 2.10. The summed E-state index contributed by atoms with van der Waals surface area (Å²) >= 11 is 5.84. The van der Waals surface area contributed by atoms with E-state index in [0.29, 0.717) is 6.42 Å². The van der Waals surface area contributed by atoms with E-state index in [1.807, 2.05) is 0 Å². The molecule has 3 nitrogen and oxygen atoms in total. The number of rotatable bonds is 3. The second-order valence-corrected chi connectivity index (χ2v) is 4.21. The molecule has 5 heteroatoms. The molecule has 0 aliphatic heterocycles. The van der Waals surface area contributed by atoms with Gasteiger partial charge < -0.3 is 15.2 Å². The summed E-state index contributed by atoms with van der Waals surface area (Å²) in [7, 11) is 1.56. The van der Waals surface area contributed by atoms with Gasteiger partial charge in [-0.25, -0.2) is 4.39 Å². The molecule has 0 heterocycles. The molecule has 16 heavy (non-hydrogen) atoms. The topological polar surface area (TPSA) is 44.5 Å². The molecule has 2 rings (SSSR count). The van der Waals surface area contributed by atoms with E-state index in [2.05, 4.69) is 0 Å². The van der Waals surface area contributed by atoms with Crippen molar-refractivity contribution in [1.29, 1.82) is 0 Å². The highest BCUT2D eigenvalue weighted by Gasteiger charge is 2.41. The molecular weight excluding hydrogens is 233 g/mol. The van der Waals surface area contributed by atoms with Crippen LogP contribution in [0.1, 0.15) is 6.42 Å². The lowest BCUT2D eigenvalue weighted by Crippen LogP contribution is -2.59. The van der Waals surface area contributed by atoms with Gasteiger partial charge in [-0.2, -0.15) is 0 Å². The smallest absolute Gasteiger partial charge is 0.174 e. The number of halogens is 2. The van der Waals surface area contributed by atoms with E-state index in [4.69, 9.17) is 26.8 Å². The Kier molecular flexibility index (Phi) is 3.33. The molecule has 1 aliphatic carbocycles. The first kappa shape index (κ1) is 11.6. The molecule has 2 N–H and O–H groups in total. The SMILES string of the molecule is COC1C(N)CC1Oc1c(F)cccc1Cl. The number of para-hydroxylation sites is 1. The zero-order valence-corrected chi connectivity index (χ0v) is 9.58. The van der Waals surface area contributed by atoms with Gasteiger partial charge in [0.2, 0.25) is 0 Å². The maximum absolute atomic E-state index is 13.4. The average Bonchev–Trinajstić information content (AvgIpc) is 2.22. The van der Waals surface area contributed by atoms with Gasteiger partial charge in [-0.05, 0) is 12.1 Å². The van der Waals surface area contributed by atoms with Crippen molar-refractivity contribution in [3.8, 4) is 5.75 Å². The lowest BCUT2D eigenvalue weighted by atomic mass is 9.86. The van der Waals surface area contributed by atoms with E-state index < -0.39 is 5.82 Å². The van der Waals surface area contributed by atoms with Crippen LogP contribution in [0.15, 0.2) is 18.2 Å². The first-order valence-electron chi connectivity index (χ1n) is 5.02. The highest BCUT2D eigenvalue weighted by atomic mass is 35.5. The van der Waals surface area contributed by atoms with Gasteiger partial charge in [0.15, 0.2) is 11.6 Å². The normalized spacial score (nSPS) is 28.6. The van der Waals surface area contributed by atoms with Gasteiger partial charge in [0.1, 0.15) is 12.2 Å². The van der Waals surface area contributed by atoms with Crippen molar-refractivity contribution >= 4 is 11.6 Å². The van der Waals surface area contributed by atoms with Crippen LogP contribution < -0.4 is 10.5 Å². The predicted octanol–water partition coefficient (Wildman–Crippen LogP) is 1.97. The van der Waals surface area contributed by atoms with Crippen molar-refractivity contribution in [3.05, 3.63) is 29.0 Å². The fourth-order valence-electron chi connectivity index (χ4n) is 1.80. The Bertz CT molecular complexity index is 368. The lowest BCUT2D eigenvalue weighted by molar-refractivity contribution is -0.0793. The summed E-state index contributed by atoms with van der Waals surface area (Å²) in [5, 5.41) is 0.260. The molecule has 0 aromatic heterocycles. The third kappa shape index (κ3) is 2.00. The zero-order valence-electron chi connectivity index (χ0n) is 8.82. The van der Waals surface area contributed by atoms with Crippen LogP contribution in [0.5, 0.6) is 5.75 Å². The molecule has 88 valence electrons. The predicted molar refractivity (Wildman–Crippen MR) is 59.2 cm³/mol. The van der Waals surface area contributed by atoms with Crippen LogP contribution in [0.4, 0.5) is 4.39 Å². The molecule has 0 radical (unpaired) electrons. The number of hydrogen-bond donors (Lipinski definition) is 1. The number of hydrogen-bond acceptors (Lipinski definition) is 3. The molecule has 1 aliphatic rings. The Labute approximate surface area is 98.3 Å². The van der Waals surface area contributed by atoms with Crippen molar-refractivity contribution in [2.45, 2.75) is 24.7 Å². The van der Waals surface area contributed by atoms with Crippen LogP contribution in [0.3, 0.4) is 0 Å². The average molecular weight is 246 g/mol. The summed E-state index contributed by atoms with van der Waals surface area (Å²) in [6, 6.07) is 4.37. The van der Waals surface area contributed by atoms with Crippen molar-refractivity contribution in [2.24, 2.45) is 5.73 Å². The largest absolute Gasteiger partial charge is 0.483 e. The van der Waals surface area contributed by atoms with Gasteiger partial charge in [0, 0.05) is 19.6 Å². The monoisotopic (exact) mass is 245 g/mol. The molecule has 0 bridgehead atoms. The first-order chi connectivity index (χ1) is 7.63. The number of benzene rings is 1. The molecule has 3 atom stereocenters. The number of nitrogens with two attached hydrogens (primary N) is 1. The second kappa shape index (κ2) is 4.57. The van der Waals surface area contributed by atoms with Crippen molar-refractivity contribution in [2.75, 3.05) is 7.11 Å².